The van der Waals surface area contributed by atoms with Gasteiger partial charge in [0, 0.05) is 12.1 Å². The Kier molecular flexibility index (Phi) is 2.55. The average Bonchev–Trinajstić information content (AvgIpc) is 2.89. The molecule has 2 heterocycles. The van der Waals surface area contributed by atoms with Crippen molar-refractivity contribution in [3.05, 3.63) is 29.6 Å². The van der Waals surface area contributed by atoms with Gasteiger partial charge in [0.15, 0.2) is 11.6 Å². The van der Waals surface area contributed by atoms with Gasteiger partial charge >= 0.3 is 0 Å². The fourth-order valence-electron chi connectivity index (χ4n) is 2.29. The molecule has 1 aromatic heterocycles. The number of rotatable bonds is 2. The Balaban J connectivity index is 1.90. The second kappa shape index (κ2) is 4.07. The third kappa shape index (κ3) is 2.02. The number of nitrogens with zero attached hydrogens (tertiary/aromatic N) is 2. The number of hydrogen-bond donors (Lipinski definition) is 1. The van der Waals surface area contributed by atoms with Crippen molar-refractivity contribution in [3.8, 4) is 0 Å². The third-order valence-electron chi connectivity index (χ3n) is 3.15. The molecule has 0 saturated carbocycles. The molecule has 1 aromatic carbocycles. The SMILES string of the molecule is Fc1cc2nc(CN3CCCC3)[nH]c2cc1F. The van der Waals surface area contributed by atoms with E-state index in [1.807, 2.05) is 0 Å². The molecule has 3 rings (SSSR count). The number of nitrogens with one attached hydrogen (secondary N) is 1. The lowest BCUT2D eigenvalue weighted by molar-refractivity contribution is 0.324. The van der Waals surface area contributed by atoms with Gasteiger partial charge in [-0.25, -0.2) is 13.8 Å². The third-order valence-corrected chi connectivity index (χ3v) is 3.15. The summed E-state index contributed by atoms with van der Waals surface area (Å²) in [5.74, 6) is -0.919. The van der Waals surface area contributed by atoms with E-state index in [4.69, 9.17) is 0 Å². The molecular weight excluding hydrogens is 224 g/mol. The summed E-state index contributed by atoms with van der Waals surface area (Å²) in [6.07, 6.45) is 2.42. The smallest absolute Gasteiger partial charge is 0.161 e. The van der Waals surface area contributed by atoms with E-state index in [0.717, 1.165) is 37.6 Å². The number of aromatic amines is 1. The van der Waals surface area contributed by atoms with Gasteiger partial charge in [-0.1, -0.05) is 0 Å². The van der Waals surface area contributed by atoms with Gasteiger partial charge in [0.05, 0.1) is 17.6 Å². The molecule has 0 aliphatic carbocycles. The molecule has 0 bridgehead atoms. The maximum Gasteiger partial charge on any atom is 0.161 e. The minimum absolute atomic E-state index is 0.484. The van der Waals surface area contributed by atoms with Gasteiger partial charge in [-0.2, -0.15) is 0 Å². The fourth-order valence-corrected chi connectivity index (χ4v) is 2.29. The van der Waals surface area contributed by atoms with Crippen LogP contribution in [0.1, 0.15) is 18.7 Å². The van der Waals surface area contributed by atoms with Crippen molar-refractivity contribution in [2.75, 3.05) is 13.1 Å². The molecule has 0 radical (unpaired) electrons. The van der Waals surface area contributed by atoms with E-state index >= 15 is 0 Å². The van der Waals surface area contributed by atoms with E-state index in [9.17, 15) is 8.78 Å². The zero-order valence-electron chi connectivity index (χ0n) is 9.34. The standard InChI is InChI=1S/C12H13F2N3/c13-8-5-10-11(6-9(8)14)16-12(15-10)7-17-3-1-2-4-17/h5-6H,1-4,7H2,(H,15,16). The Morgan fingerprint density at radius 2 is 1.88 bits per heavy atom. The Labute approximate surface area is 97.5 Å². The van der Waals surface area contributed by atoms with Crippen molar-refractivity contribution >= 4 is 11.0 Å². The Bertz CT molecular complexity index is 505. The predicted molar refractivity (Wildman–Crippen MR) is 60.5 cm³/mol. The lowest BCUT2D eigenvalue weighted by Crippen LogP contribution is -2.19. The lowest BCUT2D eigenvalue weighted by Gasteiger charge is -2.11. The van der Waals surface area contributed by atoms with Gasteiger partial charge in [-0.15, -0.1) is 0 Å². The number of hydrogen-bond acceptors (Lipinski definition) is 2. The maximum absolute atomic E-state index is 13.0. The van der Waals surface area contributed by atoms with Crippen LogP contribution in [0.3, 0.4) is 0 Å². The molecule has 2 aromatic rings. The van der Waals surface area contributed by atoms with Crippen LogP contribution in [0.2, 0.25) is 0 Å². The van der Waals surface area contributed by atoms with E-state index in [1.165, 1.54) is 12.8 Å². The highest BCUT2D eigenvalue weighted by Crippen LogP contribution is 2.18. The normalized spacial score (nSPS) is 17.1. The molecule has 17 heavy (non-hydrogen) atoms. The van der Waals surface area contributed by atoms with Gasteiger partial charge in [0.1, 0.15) is 5.82 Å². The van der Waals surface area contributed by atoms with E-state index in [-0.39, 0.29) is 0 Å². The first kappa shape index (κ1) is 10.7. The first-order valence-corrected chi connectivity index (χ1v) is 5.78. The van der Waals surface area contributed by atoms with E-state index < -0.39 is 11.6 Å². The van der Waals surface area contributed by atoms with Crippen LogP contribution in [-0.4, -0.2) is 28.0 Å². The summed E-state index contributed by atoms with van der Waals surface area (Å²) in [6, 6.07) is 2.29. The molecule has 3 nitrogen and oxygen atoms in total. The van der Waals surface area contributed by atoms with Crippen molar-refractivity contribution in [2.24, 2.45) is 0 Å². The fraction of sp³-hybridized carbons (Fsp3) is 0.417. The minimum atomic E-state index is -0.850. The lowest BCUT2D eigenvalue weighted by atomic mass is 10.3. The number of benzene rings is 1. The quantitative estimate of drug-likeness (QED) is 0.870. The maximum atomic E-state index is 13.0. The Morgan fingerprint density at radius 3 is 2.65 bits per heavy atom. The van der Waals surface area contributed by atoms with Crippen LogP contribution in [0.5, 0.6) is 0 Å². The van der Waals surface area contributed by atoms with Crippen molar-refractivity contribution in [2.45, 2.75) is 19.4 Å². The molecule has 90 valence electrons. The summed E-state index contributed by atoms with van der Waals surface area (Å²) in [5, 5.41) is 0. The van der Waals surface area contributed by atoms with Crippen LogP contribution in [0, 0.1) is 11.6 Å². The predicted octanol–water partition coefficient (Wildman–Crippen LogP) is 2.44. The summed E-state index contributed by atoms with van der Waals surface area (Å²) in [5.41, 5.74) is 1.04. The van der Waals surface area contributed by atoms with Gasteiger partial charge in [-0.05, 0) is 25.9 Å². The van der Waals surface area contributed by atoms with Crippen LogP contribution in [-0.2, 0) is 6.54 Å². The number of aromatic nitrogens is 2. The number of fused-ring (bicyclic) bond motifs is 1. The molecule has 5 heteroatoms. The largest absolute Gasteiger partial charge is 0.341 e. The van der Waals surface area contributed by atoms with Gasteiger partial charge in [-0.3, -0.25) is 4.90 Å². The zero-order valence-corrected chi connectivity index (χ0v) is 9.34. The molecule has 0 amide bonds. The number of imidazole rings is 1. The van der Waals surface area contributed by atoms with E-state index in [1.54, 1.807) is 0 Å². The highest BCUT2D eigenvalue weighted by atomic mass is 19.2. The summed E-state index contributed by atoms with van der Waals surface area (Å²) in [4.78, 5) is 9.59. The van der Waals surface area contributed by atoms with Crippen molar-refractivity contribution < 1.29 is 8.78 Å². The summed E-state index contributed by atoms with van der Waals surface area (Å²) >= 11 is 0. The summed E-state index contributed by atoms with van der Waals surface area (Å²) in [6.45, 7) is 2.86. The molecule has 1 saturated heterocycles. The van der Waals surface area contributed by atoms with Gasteiger partial charge in [0.2, 0.25) is 0 Å². The van der Waals surface area contributed by atoms with Crippen LogP contribution in [0.15, 0.2) is 12.1 Å². The highest BCUT2D eigenvalue weighted by Gasteiger charge is 2.14. The van der Waals surface area contributed by atoms with Crippen LogP contribution >= 0.6 is 0 Å². The van der Waals surface area contributed by atoms with Crippen LogP contribution in [0.25, 0.3) is 11.0 Å². The first-order chi connectivity index (χ1) is 8.22. The minimum Gasteiger partial charge on any atom is -0.341 e. The van der Waals surface area contributed by atoms with Crippen molar-refractivity contribution in [3.63, 3.8) is 0 Å². The molecule has 1 aliphatic heterocycles. The highest BCUT2D eigenvalue weighted by molar-refractivity contribution is 5.75. The van der Waals surface area contributed by atoms with E-state index in [2.05, 4.69) is 14.9 Å². The summed E-state index contributed by atoms with van der Waals surface area (Å²) < 4.78 is 26.1. The first-order valence-electron chi connectivity index (χ1n) is 5.78. The second-order valence-electron chi connectivity index (χ2n) is 4.45. The molecule has 0 unspecified atom stereocenters. The topological polar surface area (TPSA) is 31.9 Å². The Morgan fingerprint density at radius 1 is 1.18 bits per heavy atom. The molecule has 1 aliphatic rings. The molecule has 1 N–H and O–H groups in total. The molecular formula is C12H13F2N3. The van der Waals surface area contributed by atoms with E-state index in [0.29, 0.717) is 11.0 Å². The zero-order chi connectivity index (χ0) is 11.8. The van der Waals surface area contributed by atoms with Crippen LogP contribution in [0.4, 0.5) is 8.78 Å². The average molecular weight is 237 g/mol. The second-order valence-corrected chi connectivity index (χ2v) is 4.45. The van der Waals surface area contributed by atoms with Crippen molar-refractivity contribution in [1.82, 2.24) is 14.9 Å². The Hall–Kier alpha value is -1.49. The van der Waals surface area contributed by atoms with Crippen molar-refractivity contribution in [1.29, 1.82) is 0 Å². The summed E-state index contributed by atoms with van der Waals surface area (Å²) in [7, 11) is 0. The monoisotopic (exact) mass is 237 g/mol. The number of likely N-dealkylation sites (tertiary alicyclic amines) is 1. The van der Waals surface area contributed by atoms with Gasteiger partial charge < -0.3 is 4.98 Å². The molecule has 1 fully saturated rings. The van der Waals surface area contributed by atoms with Crippen LogP contribution < -0.4 is 0 Å². The molecule has 0 spiro atoms. The number of H-pyrrole nitrogens is 1. The van der Waals surface area contributed by atoms with Gasteiger partial charge in [0.25, 0.3) is 0 Å². The molecule has 0 atom stereocenters. The number of halogens is 2.